The predicted octanol–water partition coefficient (Wildman–Crippen LogP) is 1.97. The number of carbonyl (C=O) groups excluding carboxylic acids is 1. The zero-order valence-electron chi connectivity index (χ0n) is 16.9. The van der Waals surface area contributed by atoms with E-state index in [1.807, 2.05) is 13.8 Å². The van der Waals surface area contributed by atoms with E-state index in [0.717, 1.165) is 45.2 Å². The van der Waals surface area contributed by atoms with Gasteiger partial charge >= 0.3 is 0 Å². The largest absolute Gasteiger partial charge is 0.377 e. The number of carbonyl (C=O) groups is 1. The fourth-order valence-electron chi connectivity index (χ4n) is 3.71. The van der Waals surface area contributed by atoms with Crippen LogP contribution in [0.4, 0.5) is 0 Å². The molecule has 0 aromatic rings. The zero-order valence-corrected chi connectivity index (χ0v) is 16.9. The first-order valence-corrected chi connectivity index (χ1v) is 10.3. The highest BCUT2D eigenvalue weighted by atomic mass is 16.5. The van der Waals surface area contributed by atoms with Gasteiger partial charge in [0.05, 0.1) is 19.3 Å². The van der Waals surface area contributed by atoms with E-state index in [-0.39, 0.29) is 5.92 Å². The van der Waals surface area contributed by atoms with Gasteiger partial charge in [-0.25, -0.2) is 0 Å². The highest BCUT2D eigenvalue weighted by molar-refractivity contribution is 5.82. The summed E-state index contributed by atoms with van der Waals surface area (Å²) in [6.07, 6.45) is 2.97. The molecular formula is C20H39N3O2. The lowest BCUT2D eigenvalue weighted by atomic mass is 9.96. The summed E-state index contributed by atoms with van der Waals surface area (Å²) in [5, 5.41) is 0. The molecule has 2 fully saturated rings. The van der Waals surface area contributed by atoms with Gasteiger partial charge in [-0.15, -0.1) is 0 Å². The number of piperazine rings is 1. The lowest BCUT2D eigenvalue weighted by Crippen LogP contribution is -2.50. The summed E-state index contributed by atoms with van der Waals surface area (Å²) < 4.78 is 5.67. The molecule has 0 bridgehead atoms. The second-order valence-electron chi connectivity index (χ2n) is 8.40. The van der Waals surface area contributed by atoms with Crippen LogP contribution >= 0.6 is 0 Å². The molecule has 0 amide bonds. The third-order valence-corrected chi connectivity index (χ3v) is 5.57. The molecule has 0 saturated carbocycles. The Morgan fingerprint density at radius 1 is 0.920 bits per heavy atom. The summed E-state index contributed by atoms with van der Waals surface area (Å²) >= 11 is 0. The molecule has 0 unspecified atom stereocenters. The van der Waals surface area contributed by atoms with E-state index in [9.17, 15) is 4.79 Å². The number of rotatable bonds is 9. The van der Waals surface area contributed by atoms with Gasteiger partial charge in [0.25, 0.3) is 0 Å². The third kappa shape index (κ3) is 7.73. The normalized spacial score (nSPS) is 22.2. The van der Waals surface area contributed by atoms with Crippen molar-refractivity contribution in [2.45, 2.75) is 46.6 Å². The number of ether oxygens (including phenoxy) is 1. The molecular weight excluding hydrogens is 314 g/mol. The van der Waals surface area contributed by atoms with Gasteiger partial charge in [-0.2, -0.15) is 0 Å². The fourth-order valence-corrected chi connectivity index (χ4v) is 3.71. The van der Waals surface area contributed by atoms with Gasteiger partial charge in [-0.05, 0) is 45.7 Å². The lowest BCUT2D eigenvalue weighted by molar-refractivity contribution is -0.123. The van der Waals surface area contributed by atoms with Crippen LogP contribution in [-0.4, -0.2) is 92.1 Å². The van der Waals surface area contributed by atoms with E-state index in [4.69, 9.17) is 4.74 Å². The van der Waals surface area contributed by atoms with Crippen molar-refractivity contribution in [2.75, 3.05) is 65.5 Å². The van der Waals surface area contributed by atoms with Crippen molar-refractivity contribution in [3.8, 4) is 0 Å². The van der Waals surface area contributed by atoms with Crippen LogP contribution in [-0.2, 0) is 9.53 Å². The molecule has 2 saturated heterocycles. The van der Waals surface area contributed by atoms with Gasteiger partial charge in [0.15, 0.2) is 0 Å². The molecule has 5 nitrogen and oxygen atoms in total. The molecule has 0 atom stereocenters. The van der Waals surface area contributed by atoms with Crippen LogP contribution in [0, 0.1) is 11.8 Å². The van der Waals surface area contributed by atoms with Gasteiger partial charge in [0.2, 0.25) is 0 Å². The maximum absolute atomic E-state index is 11.9. The first-order chi connectivity index (χ1) is 11.9. The summed E-state index contributed by atoms with van der Waals surface area (Å²) in [6, 6.07) is 0. The molecule has 2 aliphatic heterocycles. The fraction of sp³-hybridized carbons (Fsp3) is 0.950. The Kier molecular flexibility index (Phi) is 8.83. The first-order valence-electron chi connectivity index (χ1n) is 10.3. The van der Waals surface area contributed by atoms with Crippen LogP contribution < -0.4 is 0 Å². The van der Waals surface area contributed by atoms with Crippen LogP contribution in [0.2, 0.25) is 0 Å². The standard InChI is InChI=1S/C20H39N3O2/c1-17(2)20(24)16-23-11-9-22(10-12-23)15-19-5-7-21(8-6-19)13-14-25-18(3)4/h17-19H,5-16H2,1-4H3. The smallest absolute Gasteiger partial charge is 0.149 e. The van der Waals surface area contributed by atoms with Crippen LogP contribution in [0.1, 0.15) is 40.5 Å². The van der Waals surface area contributed by atoms with E-state index in [2.05, 4.69) is 28.5 Å². The van der Waals surface area contributed by atoms with Crippen molar-refractivity contribution in [1.82, 2.24) is 14.7 Å². The molecule has 0 N–H and O–H groups in total. The minimum atomic E-state index is 0.161. The summed E-state index contributed by atoms with van der Waals surface area (Å²) in [5.41, 5.74) is 0. The summed E-state index contributed by atoms with van der Waals surface area (Å²) in [6.45, 7) is 18.8. The number of nitrogens with zero attached hydrogens (tertiary/aromatic N) is 3. The Hall–Kier alpha value is -0.490. The zero-order chi connectivity index (χ0) is 18.2. The number of Topliss-reactive ketones (excluding diaryl/α,β-unsaturated/α-hetero) is 1. The van der Waals surface area contributed by atoms with Crippen molar-refractivity contribution in [1.29, 1.82) is 0 Å². The Balaban J connectivity index is 1.58. The number of piperidine rings is 1. The average molecular weight is 354 g/mol. The lowest BCUT2D eigenvalue weighted by Gasteiger charge is -2.38. The van der Waals surface area contributed by atoms with Gasteiger partial charge in [0, 0.05) is 45.2 Å². The van der Waals surface area contributed by atoms with Crippen LogP contribution in [0.3, 0.4) is 0 Å². The average Bonchev–Trinajstić information content (AvgIpc) is 2.58. The number of ketones is 1. The van der Waals surface area contributed by atoms with Crippen molar-refractivity contribution in [2.24, 2.45) is 11.8 Å². The van der Waals surface area contributed by atoms with E-state index >= 15 is 0 Å². The Labute approximate surface area is 154 Å². The monoisotopic (exact) mass is 353 g/mol. The molecule has 0 aliphatic carbocycles. The molecule has 0 aromatic heterocycles. The Morgan fingerprint density at radius 2 is 1.52 bits per heavy atom. The van der Waals surface area contributed by atoms with E-state index in [1.54, 1.807) is 0 Å². The van der Waals surface area contributed by atoms with Crippen molar-refractivity contribution >= 4 is 5.78 Å². The third-order valence-electron chi connectivity index (χ3n) is 5.57. The van der Waals surface area contributed by atoms with Crippen LogP contribution in [0.15, 0.2) is 0 Å². The van der Waals surface area contributed by atoms with Gasteiger partial charge < -0.3 is 14.5 Å². The van der Waals surface area contributed by atoms with E-state index in [0.29, 0.717) is 18.4 Å². The van der Waals surface area contributed by atoms with Gasteiger partial charge in [0.1, 0.15) is 5.78 Å². The predicted molar refractivity (Wildman–Crippen MR) is 103 cm³/mol. The molecule has 0 aromatic carbocycles. The second-order valence-corrected chi connectivity index (χ2v) is 8.40. The first kappa shape index (κ1) is 20.8. The molecule has 25 heavy (non-hydrogen) atoms. The van der Waals surface area contributed by atoms with E-state index < -0.39 is 0 Å². The Bertz CT molecular complexity index is 384. The summed E-state index contributed by atoms with van der Waals surface area (Å²) in [4.78, 5) is 19.4. The molecule has 0 radical (unpaired) electrons. The van der Waals surface area contributed by atoms with Gasteiger partial charge in [-0.1, -0.05) is 13.8 Å². The van der Waals surface area contributed by atoms with Gasteiger partial charge in [-0.3, -0.25) is 9.69 Å². The van der Waals surface area contributed by atoms with Crippen molar-refractivity contribution in [3.63, 3.8) is 0 Å². The van der Waals surface area contributed by atoms with Crippen molar-refractivity contribution < 1.29 is 9.53 Å². The molecule has 146 valence electrons. The topological polar surface area (TPSA) is 36.0 Å². The van der Waals surface area contributed by atoms with Crippen molar-refractivity contribution in [3.05, 3.63) is 0 Å². The molecule has 5 heteroatoms. The summed E-state index contributed by atoms with van der Waals surface area (Å²) in [7, 11) is 0. The molecule has 2 aliphatic rings. The maximum Gasteiger partial charge on any atom is 0.149 e. The second kappa shape index (κ2) is 10.6. The minimum absolute atomic E-state index is 0.161. The Morgan fingerprint density at radius 3 is 2.08 bits per heavy atom. The molecule has 0 spiro atoms. The number of hydrogen-bond donors (Lipinski definition) is 0. The highest BCUT2D eigenvalue weighted by Gasteiger charge is 2.24. The highest BCUT2D eigenvalue weighted by Crippen LogP contribution is 2.19. The minimum Gasteiger partial charge on any atom is -0.377 e. The molecule has 2 heterocycles. The van der Waals surface area contributed by atoms with E-state index in [1.165, 1.54) is 32.5 Å². The number of likely N-dealkylation sites (tertiary alicyclic amines) is 1. The molecule has 2 rings (SSSR count). The maximum atomic E-state index is 11.9. The SMILES string of the molecule is CC(C)OCCN1CCC(CN2CCN(CC(=O)C(C)C)CC2)CC1. The number of hydrogen-bond acceptors (Lipinski definition) is 5. The summed E-state index contributed by atoms with van der Waals surface area (Å²) in [5.74, 6) is 1.38. The van der Waals surface area contributed by atoms with Crippen LogP contribution in [0.5, 0.6) is 0 Å². The van der Waals surface area contributed by atoms with Crippen LogP contribution in [0.25, 0.3) is 0 Å². The quantitative estimate of drug-likeness (QED) is 0.633.